The molecule has 2 aromatic rings. The summed E-state index contributed by atoms with van der Waals surface area (Å²) in [5.74, 6) is -0.0496. The van der Waals surface area contributed by atoms with Crippen LogP contribution >= 0.6 is 0 Å². The van der Waals surface area contributed by atoms with Gasteiger partial charge in [-0.25, -0.2) is 9.37 Å². The van der Waals surface area contributed by atoms with Crippen LogP contribution in [0, 0.1) is 17.1 Å². The maximum absolute atomic E-state index is 12.9. The number of nitrogens with two attached hydrogens (primary N) is 1. The number of rotatable bonds is 2. The Kier molecular flexibility index (Phi) is 2.88. The maximum Gasteiger partial charge on any atom is 0.244 e. The van der Waals surface area contributed by atoms with Crippen LogP contribution in [0.25, 0.3) is 0 Å². The maximum atomic E-state index is 12.9. The summed E-state index contributed by atoms with van der Waals surface area (Å²) in [6.45, 7) is 0. The van der Waals surface area contributed by atoms with Gasteiger partial charge in [-0.15, -0.1) is 0 Å². The van der Waals surface area contributed by atoms with Crippen LogP contribution in [0.4, 0.5) is 10.1 Å². The Morgan fingerprint density at radius 3 is 2.88 bits per heavy atom. The second-order valence-electron chi connectivity index (χ2n) is 3.25. The summed E-state index contributed by atoms with van der Waals surface area (Å²) in [5.41, 5.74) is 6.08. The molecule has 5 heteroatoms. The minimum Gasteiger partial charge on any atom is -0.437 e. The van der Waals surface area contributed by atoms with E-state index in [0.29, 0.717) is 0 Å². The molecule has 0 bridgehead atoms. The molecule has 0 radical (unpaired) electrons. The van der Waals surface area contributed by atoms with Crippen LogP contribution in [0.5, 0.6) is 11.6 Å². The monoisotopic (exact) mass is 229 g/mol. The molecule has 2 rings (SSSR count). The van der Waals surface area contributed by atoms with Gasteiger partial charge < -0.3 is 10.5 Å². The molecule has 84 valence electrons. The Morgan fingerprint density at radius 1 is 1.35 bits per heavy atom. The Bertz CT molecular complexity index is 593. The van der Waals surface area contributed by atoms with Crippen LogP contribution in [-0.4, -0.2) is 4.98 Å². The van der Waals surface area contributed by atoms with Crippen LogP contribution in [0.2, 0.25) is 0 Å². The minimum absolute atomic E-state index is 0.0923. The molecule has 1 heterocycles. The van der Waals surface area contributed by atoms with Crippen molar-refractivity contribution in [1.29, 1.82) is 5.26 Å². The van der Waals surface area contributed by atoms with Gasteiger partial charge in [0.05, 0.1) is 5.56 Å². The van der Waals surface area contributed by atoms with Crippen molar-refractivity contribution in [1.82, 2.24) is 4.98 Å². The van der Waals surface area contributed by atoms with Crippen molar-refractivity contribution in [3.63, 3.8) is 0 Å². The normalized spacial score (nSPS) is 9.65. The van der Waals surface area contributed by atoms with Crippen LogP contribution in [-0.2, 0) is 0 Å². The largest absolute Gasteiger partial charge is 0.437 e. The third kappa shape index (κ3) is 2.32. The van der Waals surface area contributed by atoms with Gasteiger partial charge >= 0.3 is 0 Å². The smallest absolute Gasteiger partial charge is 0.244 e. The molecular formula is C12H8FN3O. The van der Waals surface area contributed by atoms with Crippen molar-refractivity contribution in [2.45, 2.75) is 0 Å². The number of pyridine rings is 1. The summed E-state index contributed by atoms with van der Waals surface area (Å²) in [6, 6.07) is 8.98. The Labute approximate surface area is 97.1 Å². The van der Waals surface area contributed by atoms with Crippen LogP contribution in [0.15, 0.2) is 36.5 Å². The van der Waals surface area contributed by atoms with Crippen molar-refractivity contribution >= 4 is 5.69 Å². The average molecular weight is 229 g/mol. The van der Waals surface area contributed by atoms with Gasteiger partial charge in [-0.3, -0.25) is 0 Å². The number of benzene rings is 1. The van der Waals surface area contributed by atoms with E-state index < -0.39 is 5.82 Å². The number of halogens is 1. The summed E-state index contributed by atoms with van der Waals surface area (Å²) in [4.78, 5) is 3.89. The SMILES string of the molecule is N#Cc1ccnc(Oc2cccc(F)c2)c1N. The molecule has 1 aromatic heterocycles. The second-order valence-corrected chi connectivity index (χ2v) is 3.25. The van der Waals surface area contributed by atoms with Gasteiger partial charge in [-0.1, -0.05) is 6.07 Å². The summed E-state index contributed by atoms with van der Waals surface area (Å²) >= 11 is 0. The quantitative estimate of drug-likeness (QED) is 0.858. The molecule has 0 aliphatic rings. The molecule has 0 unspecified atom stereocenters. The second kappa shape index (κ2) is 4.49. The van der Waals surface area contributed by atoms with E-state index in [1.807, 2.05) is 6.07 Å². The number of nitriles is 1. The summed E-state index contributed by atoms with van der Waals surface area (Å²) < 4.78 is 18.2. The van der Waals surface area contributed by atoms with E-state index in [1.54, 1.807) is 6.07 Å². The Morgan fingerprint density at radius 2 is 2.18 bits per heavy atom. The summed E-state index contributed by atoms with van der Waals surface area (Å²) in [6.07, 6.45) is 1.41. The molecule has 2 N–H and O–H groups in total. The first-order valence-corrected chi connectivity index (χ1v) is 4.78. The molecule has 4 nitrogen and oxygen atoms in total. The van der Waals surface area contributed by atoms with E-state index in [2.05, 4.69) is 4.98 Å². The van der Waals surface area contributed by atoms with E-state index >= 15 is 0 Å². The van der Waals surface area contributed by atoms with Crippen LogP contribution < -0.4 is 10.5 Å². The molecule has 0 fully saturated rings. The third-order valence-corrected chi connectivity index (χ3v) is 2.08. The molecule has 0 aliphatic carbocycles. The third-order valence-electron chi connectivity index (χ3n) is 2.08. The van der Waals surface area contributed by atoms with Gasteiger partial charge in [0.15, 0.2) is 0 Å². The number of nitrogens with zero attached hydrogens (tertiary/aromatic N) is 2. The molecule has 1 aromatic carbocycles. The zero-order valence-electron chi connectivity index (χ0n) is 8.72. The van der Waals surface area contributed by atoms with Crippen molar-refractivity contribution in [2.75, 3.05) is 5.73 Å². The van der Waals surface area contributed by atoms with E-state index in [1.165, 1.54) is 30.5 Å². The fraction of sp³-hybridized carbons (Fsp3) is 0. The van der Waals surface area contributed by atoms with E-state index in [0.717, 1.165) is 0 Å². The molecule has 0 spiro atoms. The van der Waals surface area contributed by atoms with Gasteiger partial charge in [0.25, 0.3) is 0 Å². The van der Waals surface area contributed by atoms with E-state index in [4.69, 9.17) is 15.7 Å². The predicted molar refractivity (Wildman–Crippen MR) is 59.8 cm³/mol. The predicted octanol–water partition coefficient (Wildman–Crippen LogP) is 2.47. The Balaban J connectivity index is 2.34. The lowest BCUT2D eigenvalue weighted by atomic mass is 10.2. The lowest BCUT2D eigenvalue weighted by Gasteiger charge is -2.07. The first kappa shape index (κ1) is 10.9. The molecule has 0 saturated heterocycles. The van der Waals surface area contributed by atoms with Gasteiger partial charge in [0.1, 0.15) is 23.3 Å². The molecule has 0 saturated carbocycles. The minimum atomic E-state index is -0.419. The highest BCUT2D eigenvalue weighted by molar-refractivity contribution is 5.60. The lowest BCUT2D eigenvalue weighted by molar-refractivity contribution is 0.460. The molecular weight excluding hydrogens is 221 g/mol. The first-order chi connectivity index (χ1) is 8.20. The van der Waals surface area contributed by atoms with Gasteiger partial charge in [0, 0.05) is 12.3 Å². The number of nitrogen functional groups attached to an aromatic ring is 1. The van der Waals surface area contributed by atoms with Crippen LogP contribution in [0.1, 0.15) is 5.56 Å². The highest BCUT2D eigenvalue weighted by Crippen LogP contribution is 2.27. The number of hydrogen-bond donors (Lipinski definition) is 1. The standard InChI is InChI=1S/C12H8FN3O/c13-9-2-1-3-10(6-9)17-12-11(15)8(7-14)4-5-16-12/h1-6H,15H2. The summed E-state index contributed by atoms with van der Waals surface area (Å²) in [7, 11) is 0. The van der Waals surface area contributed by atoms with Crippen molar-refractivity contribution in [3.05, 3.63) is 47.9 Å². The fourth-order valence-electron chi connectivity index (χ4n) is 1.27. The van der Waals surface area contributed by atoms with E-state index in [-0.39, 0.29) is 22.9 Å². The highest BCUT2D eigenvalue weighted by Gasteiger charge is 2.08. The average Bonchev–Trinajstić information content (AvgIpc) is 2.32. The topological polar surface area (TPSA) is 71.9 Å². The highest BCUT2D eigenvalue weighted by atomic mass is 19.1. The first-order valence-electron chi connectivity index (χ1n) is 4.78. The van der Waals surface area contributed by atoms with Crippen molar-refractivity contribution < 1.29 is 9.13 Å². The van der Waals surface area contributed by atoms with Crippen LogP contribution in [0.3, 0.4) is 0 Å². The molecule has 17 heavy (non-hydrogen) atoms. The number of ether oxygens (including phenoxy) is 1. The number of anilines is 1. The zero-order chi connectivity index (χ0) is 12.3. The van der Waals surface area contributed by atoms with Gasteiger partial charge in [-0.2, -0.15) is 5.26 Å². The molecule has 0 aliphatic heterocycles. The lowest BCUT2D eigenvalue weighted by Crippen LogP contribution is -1.97. The molecule has 0 atom stereocenters. The van der Waals surface area contributed by atoms with Gasteiger partial charge in [0.2, 0.25) is 5.88 Å². The van der Waals surface area contributed by atoms with Gasteiger partial charge in [-0.05, 0) is 18.2 Å². The summed E-state index contributed by atoms with van der Waals surface area (Å²) in [5, 5.41) is 8.78. The molecule has 0 amide bonds. The fourth-order valence-corrected chi connectivity index (χ4v) is 1.27. The number of hydrogen-bond acceptors (Lipinski definition) is 4. The zero-order valence-corrected chi connectivity index (χ0v) is 8.72. The van der Waals surface area contributed by atoms with Crippen molar-refractivity contribution in [2.24, 2.45) is 0 Å². The van der Waals surface area contributed by atoms with E-state index in [9.17, 15) is 4.39 Å². The number of aromatic nitrogens is 1. The Hall–Kier alpha value is -2.61. The van der Waals surface area contributed by atoms with Crippen molar-refractivity contribution in [3.8, 4) is 17.7 Å².